The number of hydrogen-bond acceptors (Lipinski definition) is 4. The molecule has 6 heteroatoms. The topological polar surface area (TPSA) is 36.9 Å². The Hall–Kier alpha value is -4.62. The molecule has 0 N–H and O–H groups in total. The highest BCUT2D eigenvalue weighted by Crippen LogP contribution is 2.54. The molecular weight excluding hydrogens is 871 g/mol. The minimum absolute atomic E-state index is 0.156. The average Bonchev–Trinajstić information content (AvgIpc) is 3.99. The van der Waals surface area contributed by atoms with Crippen LogP contribution in [0, 0.1) is 0 Å². The summed E-state index contributed by atoms with van der Waals surface area (Å²) in [6, 6.07) is 38.8. The Morgan fingerprint density at radius 2 is 0.515 bits per heavy atom. The van der Waals surface area contributed by atoms with E-state index in [4.69, 9.17) is 18.9 Å². The fourth-order valence-corrected chi connectivity index (χ4v) is 14.7. The maximum atomic E-state index is 6.80. The van der Waals surface area contributed by atoms with Gasteiger partial charge in [0.15, 0.2) is 23.0 Å². The number of hydrogen-bond donors (Lipinski definition) is 0. The van der Waals surface area contributed by atoms with E-state index in [1.807, 2.05) is 0 Å². The summed E-state index contributed by atoms with van der Waals surface area (Å²) in [6.07, 6.45) is 0. The van der Waals surface area contributed by atoms with Crippen molar-refractivity contribution in [3.05, 3.63) is 142 Å². The van der Waals surface area contributed by atoms with E-state index in [0.29, 0.717) is 47.3 Å². The Bertz CT molecular complexity index is 2370. The molecular formula is C62H76O4P2. The molecule has 358 valence electrons. The van der Waals surface area contributed by atoms with Gasteiger partial charge in [-0.1, -0.05) is 184 Å². The van der Waals surface area contributed by atoms with E-state index >= 15 is 0 Å². The molecule has 0 amide bonds. The number of ether oxygens (including phenoxy) is 4. The lowest BCUT2D eigenvalue weighted by molar-refractivity contribution is 0.173. The van der Waals surface area contributed by atoms with Gasteiger partial charge in [-0.25, -0.2) is 0 Å². The van der Waals surface area contributed by atoms with Crippen molar-refractivity contribution >= 4 is 47.7 Å². The molecule has 4 nitrogen and oxygen atoms in total. The van der Waals surface area contributed by atoms with Crippen molar-refractivity contribution in [1.82, 2.24) is 0 Å². The van der Waals surface area contributed by atoms with Crippen molar-refractivity contribution in [3.8, 4) is 34.1 Å². The molecule has 0 saturated carbocycles. The van der Waals surface area contributed by atoms with Gasteiger partial charge in [0.2, 0.25) is 13.6 Å². The lowest BCUT2D eigenvalue weighted by Crippen LogP contribution is -2.28. The Morgan fingerprint density at radius 1 is 0.294 bits per heavy atom. The van der Waals surface area contributed by atoms with Crippen LogP contribution in [0.4, 0.5) is 0 Å². The van der Waals surface area contributed by atoms with Crippen LogP contribution < -0.4 is 50.8 Å². The van der Waals surface area contributed by atoms with Crippen molar-refractivity contribution in [2.45, 2.75) is 158 Å². The summed E-state index contributed by atoms with van der Waals surface area (Å²) in [5.74, 6) is 5.98. The first-order chi connectivity index (χ1) is 32.3. The van der Waals surface area contributed by atoms with Gasteiger partial charge in [-0.2, -0.15) is 0 Å². The van der Waals surface area contributed by atoms with Gasteiger partial charge >= 0.3 is 0 Å². The van der Waals surface area contributed by atoms with Gasteiger partial charge in [0.05, 0.1) is 0 Å². The number of rotatable bonds is 15. The second kappa shape index (κ2) is 20.4. The molecule has 0 fully saturated rings. The summed E-state index contributed by atoms with van der Waals surface area (Å²) in [5, 5.41) is 7.84. The molecule has 8 rings (SSSR count). The van der Waals surface area contributed by atoms with Crippen LogP contribution >= 0.6 is 15.8 Å². The van der Waals surface area contributed by atoms with E-state index in [9.17, 15) is 0 Å². The van der Waals surface area contributed by atoms with Crippen molar-refractivity contribution in [2.24, 2.45) is 0 Å². The summed E-state index contributed by atoms with van der Waals surface area (Å²) < 4.78 is 26.4. The molecule has 0 atom stereocenters. The first-order valence-corrected chi connectivity index (χ1v) is 28.0. The zero-order valence-corrected chi connectivity index (χ0v) is 45.6. The smallest absolute Gasteiger partial charge is 0.231 e. The minimum atomic E-state index is -1.19. The first-order valence-electron chi connectivity index (χ1n) is 25.4. The monoisotopic (exact) mass is 947 g/mol. The number of benzene rings is 6. The lowest BCUT2D eigenvalue weighted by atomic mass is 9.96. The zero-order chi connectivity index (χ0) is 48.9. The predicted octanol–water partition coefficient (Wildman–Crippen LogP) is 15.3. The van der Waals surface area contributed by atoms with Gasteiger partial charge in [-0.15, -0.1) is 0 Å². The average molecular weight is 947 g/mol. The van der Waals surface area contributed by atoms with Gasteiger partial charge in [-0.3, -0.25) is 0 Å². The van der Waals surface area contributed by atoms with Crippen LogP contribution in [-0.4, -0.2) is 13.6 Å². The van der Waals surface area contributed by atoms with Crippen LogP contribution in [0.3, 0.4) is 0 Å². The van der Waals surface area contributed by atoms with E-state index in [2.05, 4.69) is 208 Å². The van der Waals surface area contributed by atoms with Crippen molar-refractivity contribution in [2.75, 3.05) is 13.6 Å². The molecule has 0 aromatic heterocycles. The molecule has 2 aliphatic heterocycles. The molecule has 6 aromatic rings. The molecule has 6 aromatic carbocycles. The molecule has 0 bridgehead atoms. The van der Waals surface area contributed by atoms with E-state index in [0.717, 1.165) is 34.1 Å². The highest BCUT2D eigenvalue weighted by Gasteiger charge is 2.37. The molecule has 0 spiro atoms. The SMILES string of the molecule is CC(C)c1cc(C(C)C)cc(P(c2cc(C(C)C)cc(C(C)C)c2)c2ccc3c(c2-c2c(P(c4cc(C(C)C)cc(C(C)C)c4)c4cc(C(C)C)cc(C(C)C)c4)ccc4c2OCO4)OCO3)c1. The third-order valence-corrected chi connectivity index (χ3v) is 18.8. The molecule has 2 heterocycles. The summed E-state index contributed by atoms with van der Waals surface area (Å²) in [6.45, 7) is 37.5. The first kappa shape index (κ1) is 49.8. The summed E-state index contributed by atoms with van der Waals surface area (Å²) in [4.78, 5) is 0. The summed E-state index contributed by atoms with van der Waals surface area (Å²) >= 11 is 0. The molecule has 0 aliphatic carbocycles. The fraction of sp³-hybridized carbons (Fsp3) is 0.419. The van der Waals surface area contributed by atoms with E-state index < -0.39 is 15.8 Å². The highest BCUT2D eigenvalue weighted by molar-refractivity contribution is 7.80. The molecule has 0 radical (unpaired) electrons. The van der Waals surface area contributed by atoms with Gasteiger partial charge in [0, 0.05) is 11.1 Å². The maximum absolute atomic E-state index is 6.80. The van der Waals surface area contributed by atoms with Crippen molar-refractivity contribution in [3.63, 3.8) is 0 Å². The molecule has 2 aliphatic rings. The Morgan fingerprint density at radius 3 is 0.721 bits per heavy atom. The Kier molecular flexibility index (Phi) is 14.9. The largest absolute Gasteiger partial charge is 0.454 e. The number of fused-ring (bicyclic) bond motifs is 2. The van der Waals surface area contributed by atoms with E-state index in [-0.39, 0.29) is 13.6 Å². The second-order valence-corrected chi connectivity index (χ2v) is 26.1. The van der Waals surface area contributed by atoms with Crippen LogP contribution in [0.2, 0.25) is 0 Å². The maximum Gasteiger partial charge on any atom is 0.231 e. The quantitative estimate of drug-likeness (QED) is 0.0961. The summed E-state index contributed by atoms with van der Waals surface area (Å²) in [7, 11) is -2.37. The van der Waals surface area contributed by atoms with Crippen molar-refractivity contribution < 1.29 is 18.9 Å². The van der Waals surface area contributed by atoms with E-state index in [1.165, 1.54) is 76.3 Å². The molecule has 68 heavy (non-hydrogen) atoms. The molecule has 0 unspecified atom stereocenters. The third-order valence-electron chi connectivity index (χ3n) is 14.0. The van der Waals surface area contributed by atoms with Crippen LogP contribution in [0.25, 0.3) is 11.1 Å². The normalized spacial score (nSPS) is 13.5. The summed E-state index contributed by atoms with van der Waals surface area (Å²) in [5.41, 5.74) is 13.0. The van der Waals surface area contributed by atoms with Crippen LogP contribution in [-0.2, 0) is 0 Å². The minimum Gasteiger partial charge on any atom is -0.454 e. The Balaban J connectivity index is 1.55. The predicted molar refractivity (Wildman–Crippen MR) is 294 cm³/mol. The van der Waals surface area contributed by atoms with E-state index in [1.54, 1.807) is 0 Å². The fourth-order valence-electron chi connectivity index (χ4n) is 9.45. The van der Waals surface area contributed by atoms with Crippen LogP contribution in [0.5, 0.6) is 23.0 Å². The van der Waals surface area contributed by atoms with Crippen molar-refractivity contribution in [1.29, 1.82) is 0 Å². The van der Waals surface area contributed by atoms with Gasteiger partial charge in [0.25, 0.3) is 0 Å². The third kappa shape index (κ3) is 10.0. The standard InChI is InChI=1S/C62H76O4P2/c1-35(2)43-21-44(36(3)4)26-51(25-43)67(52-27-45(37(5)6)22-46(28-52)38(7)8)57-19-17-55-61(65-33-63-55)59(57)60-58(20-18-56-62(60)66-34-64-56)68(53-29-47(39(9)10)23-48(30-53)40(11)12)54-31-49(41(13)14)24-50(32-54)42(15)16/h17-32,35-42H,33-34H2,1-16H3. The second-order valence-electron chi connectivity index (χ2n) is 21.7. The van der Waals surface area contributed by atoms with Crippen LogP contribution in [0.1, 0.15) is 203 Å². The zero-order valence-electron chi connectivity index (χ0n) is 43.8. The lowest BCUT2D eigenvalue weighted by Gasteiger charge is -2.30. The van der Waals surface area contributed by atoms with Gasteiger partial charge in [-0.05, 0) is 164 Å². The highest BCUT2D eigenvalue weighted by atomic mass is 31.1. The van der Waals surface area contributed by atoms with Gasteiger partial charge in [0.1, 0.15) is 0 Å². The van der Waals surface area contributed by atoms with Gasteiger partial charge < -0.3 is 18.9 Å². The van der Waals surface area contributed by atoms with Crippen LogP contribution in [0.15, 0.2) is 97.1 Å². The Labute approximate surface area is 412 Å². The molecule has 0 saturated heterocycles.